The summed E-state index contributed by atoms with van der Waals surface area (Å²) in [5.74, 6) is 0.109. The average Bonchev–Trinajstić information content (AvgIpc) is 3.19. The van der Waals surface area contributed by atoms with E-state index >= 15 is 0 Å². The van der Waals surface area contributed by atoms with E-state index in [1.54, 1.807) is 6.20 Å². The highest BCUT2D eigenvalue weighted by Crippen LogP contribution is 2.21. The molecule has 140 valence electrons. The Morgan fingerprint density at radius 2 is 2.12 bits per heavy atom. The molecule has 1 aromatic heterocycles. The smallest absolute Gasteiger partial charge is 0.227 e. The monoisotopic (exact) mass is 367 g/mol. The van der Waals surface area contributed by atoms with Crippen molar-refractivity contribution in [3.8, 4) is 0 Å². The van der Waals surface area contributed by atoms with E-state index in [1.165, 1.54) is 0 Å². The molecule has 0 N–H and O–H groups in total. The van der Waals surface area contributed by atoms with Gasteiger partial charge < -0.3 is 9.30 Å². The van der Waals surface area contributed by atoms with Crippen LogP contribution in [0.25, 0.3) is 0 Å². The third-order valence-electron chi connectivity index (χ3n) is 4.22. The minimum atomic E-state index is -3.38. The maximum Gasteiger partial charge on any atom is 0.227 e. The molecule has 1 fully saturated rings. The van der Waals surface area contributed by atoms with Crippen molar-refractivity contribution in [3.63, 3.8) is 0 Å². The second-order valence-electron chi connectivity index (χ2n) is 6.37. The van der Waals surface area contributed by atoms with Gasteiger partial charge >= 0.3 is 0 Å². The molecule has 1 unspecified atom stereocenters. The van der Waals surface area contributed by atoms with Crippen molar-refractivity contribution in [1.29, 1.82) is 0 Å². The number of sulfone groups is 1. The lowest BCUT2D eigenvalue weighted by atomic mass is 10.2. The molecule has 0 aromatic carbocycles. The molecule has 0 bridgehead atoms. The van der Waals surface area contributed by atoms with E-state index in [4.69, 9.17) is 4.74 Å². The van der Waals surface area contributed by atoms with Crippen LogP contribution in [0, 0.1) is 0 Å². The lowest BCUT2D eigenvalue weighted by Gasteiger charge is -2.21. The Morgan fingerprint density at radius 1 is 1.40 bits per heavy atom. The summed E-state index contributed by atoms with van der Waals surface area (Å²) in [6.45, 7) is 12.7. The molecule has 0 aliphatic carbocycles. The molecule has 1 aliphatic heterocycles. The molecule has 0 radical (unpaired) electrons. The Hall–Kier alpha value is -1.44. The number of ether oxygens (including phenoxy) is 1. The van der Waals surface area contributed by atoms with Gasteiger partial charge in [-0.05, 0) is 19.3 Å². The molecule has 2 rings (SSSR count). The summed E-state index contributed by atoms with van der Waals surface area (Å²) < 4.78 is 32.8. The van der Waals surface area contributed by atoms with Gasteiger partial charge in [-0.15, -0.1) is 13.2 Å². The van der Waals surface area contributed by atoms with E-state index in [-0.39, 0.29) is 17.0 Å². The first-order valence-corrected chi connectivity index (χ1v) is 10.5. The molecule has 0 spiro atoms. The van der Waals surface area contributed by atoms with Gasteiger partial charge in [-0.25, -0.2) is 13.4 Å². The van der Waals surface area contributed by atoms with Crippen molar-refractivity contribution in [3.05, 3.63) is 37.2 Å². The van der Waals surface area contributed by atoms with Gasteiger partial charge in [-0.1, -0.05) is 19.1 Å². The van der Waals surface area contributed by atoms with E-state index in [0.717, 1.165) is 25.1 Å². The molecule has 1 atom stereocenters. The van der Waals surface area contributed by atoms with Crippen molar-refractivity contribution in [2.24, 2.45) is 0 Å². The predicted octanol–water partition coefficient (Wildman–Crippen LogP) is 2.42. The fraction of sp³-hybridized carbons (Fsp3) is 0.611. The van der Waals surface area contributed by atoms with Crippen molar-refractivity contribution < 1.29 is 13.2 Å². The fourth-order valence-corrected chi connectivity index (χ4v) is 4.57. The van der Waals surface area contributed by atoms with Crippen LogP contribution in [0.4, 0.5) is 0 Å². The summed E-state index contributed by atoms with van der Waals surface area (Å²) in [5.41, 5.74) is 0.883. The van der Waals surface area contributed by atoms with Gasteiger partial charge in [-0.2, -0.15) is 0 Å². The lowest BCUT2D eigenvalue weighted by Crippen LogP contribution is -2.27. The fourth-order valence-electron chi connectivity index (χ4n) is 3.11. The van der Waals surface area contributed by atoms with E-state index in [1.807, 2.05) is 23.6 Å². The van der Waals surface area contributed by atoms with Crippen LogP contribution in [0.2, 0.25) is 0 Å². The molecule has 6 nitrogen and oxygen atoms in total. The van der Waals surface area contributed by atoms with Gasteiger partial charge in [-0.3, -0.25) is 4.90 Å². The molecule has 1 aliphatic rings. The number of rotatable bonds is 11. The van der Waals surface area contributed by atoms with Crippen molar-refractivity contribution in [2.45, 2.75) is 50.5 Å². The van der Waals surface area contributed by atoms with Crippen LogP contribution in [0.5, 0.6) is 0 Å². The van der Waals surface area contributed by atoms with Crippen molar-refractivity contribution in [2.75, 3.05) is 25.4 Å². The van der Waals surface area contributed by atoms with Crippen molar-refractivity contribution in [1.82, 2.24) is 14.5 Å². The molecule has 1 saturated heterocycles. The Labute approximate surface area is 151 Å². The van der Waals surface area contributed by atoms with Crippen LogP contribution >= 0.6 is 0 Å². The SMILES string of the molecule is C=CCN(CC=C)Cc1cnc(S(=O)(=O)CCC)n1CC1CCCO1. The molecule has 0 saturated carbocycles. The first-order chi connectivity index (χ1) is 12.0. The highest BCUT2D eigenvalue weighted by Gasteiger charge is 2.26. The predicted molar refractivity (Wildman–Crippen MR) is 99.2 cm³/mol. The summed E-state index contributed by atoms with van der Waals surface area (Å²) in [6, 6.07) is 0. The van der Waals surface area contributed by atoms with Crippen LogP contribution in [-0.2, 0) is 27.7 Å². The average molecular weight is 368 g/mol. The van der Waals surface area contributed by atoms with Gasteiger partial charge in [0.05, 0.1) is 30.3 Å². The van der Waals surface area contributed by atoms with Crippen molar-refractivity contribution >= 4 is 9.84 Å². The minimum absolute atomic E-state index is 0.0517. The zero-order valence-corrected chi connectivity index (χ0v) is 15.9. The summed E-state index contributed by atoms with van der Waals surface area (Å²) in [7, 11) is -3.38. The molecular formula is C18H29N3O3S. The van der Waals surface area contributed by atoms with Gasteiger partial charge in [0.25, 0.3) is 0 Å². The summed E-state index contributed by atoms with van der Waals surface area (Å²) in [5, 5.41) is 0.164. The third kappa shape index (κ3) is 5.26. The number of hydrogen-bond donors (Lipinski definition) is 0. The minimum Gasteiger partial charge on any atom is -0.376 e. The maximum absolute atomic E-state index is 12.6. The van der Waals surface area contributed by atoms with E-state index in [9.17, 15) is 8.42 Å². The molecule has 7 heteroatoms. The third-order valence-corrected chi connectivity index (χ3v) is 6.05. The van der Waals surface area contributed by atoms with Crippen LogP contribution in [0.15, 0.2) is 36.7 Å². The van der Waals surface area contributed by atoms with Gasteiger partial charge in [0.15, 0.2) is 0 Å². The molecular weight excluding hydrogens is 338 g/mol. The highest BCUT2D eigenvalue weighted by molar-refractivity contribution is 7.91. The topological polar surface area (TPSA) is 64.4 Å². The van der Waals surface area contributed by atoms with Crippen LogP contribution in [0.3, 0.4) is 0 Å². The molecule has 1 aromatic rings. The van der Waals surface area contributed by atoms with E-state index < -0.39 is 9.84 Å². The Morgan fingerprint density at radius 3 is 2.68 bits per heavy atom. The molecule has 25 heavy (non-hydrogen) atoms. The second-order valence-corrected chi connectivity index (χ2v) is 8.37. The number of aromatic nitrogens is 2. The number of imidazole rings is 1. The number of nitrogens with zero attached hydrogens (tertiary/aromatic N) is 3. The summed E-state index contributed by atoms with van der Waals surface area (Å²) >= 11 is 0. The Kier molecular flexibility index (Phi) is 7.40. The maximum atomic E-state index is 12.6. The zero-order chi connectivity index (χ0) is 18.3. The van der Waals surface area contributed by atoms with Crippen LogP contribution in [0.1, 0.15) is 31.9 Å². The summed E-state index contributed by atoms with van der Waals surface area (Å²) in [6.07, 6.45) is 7.94. The van der Waals surface area contributed by atoms with Gasteiger partial charge in [0.1, 0.15) is 0 Å². The van der Waals surface area contributed by atoms with E-state index in [0.29, 0.717) is 32.6 Å². The Balaban J connectivity index is 2.32. The highest BCUT2D eigenvalue weighted by atomic mass is 32.2. The number of hydrogen-bond acceptors (Lipinski definition) is 5. The van der Waals surface area contributed by atoms with Gasteiger partial charge in [0, 0.05) is 26.2 Å². The Bertz CT molecular complexity index is 666. The standard InChI is InChI=1S/C18H29N3O3S/c1-4-9-20(10-5-2)14-16-13-19-18(25(22,23)12-6-3)21(16)15-17-8-7-11-24-17/h4-5,13,17H,1-2,6-12,14-15H2,3H3. The van der Waals surface area contributed by atoms with Gasteiger partial charge in [0.2, 0.25) is 15.0 Å². The first kappa shape index (κ1) is 19.9. The van der Waals surface area contributed by atoms with Crippen LogP contribution < -0.4 is 0 Å². The molecule has 0 amide bonds. The quantitative estimate of drug-likeness (QED) is 0.562. The largest absolute Gasteiger partial charge is 0.376 e. The van der Waals surface area contributed by atoms with Crippen LogP contribution in [-0.4, -0.2) is 54.4 Å². The first-order valence-electron chi connectivity index (χ1n) is 8.84. The lowest BCUT2D eigenvalue weighted by molar-refractivity contribution is 0.0934. The normalized spacial score (nSPS) is 17.9. The summed E-state index contributed by atoms with van der Waals surface area (Å²) in [4.78, 5) is 6.40. The van der Waals surface area contributed by atoms with E-state index in [2.05, 4.69) is 23.0 Å². The molecule has 2 heterocycles. The second kappa shape index (κ2) is 9.31. The zero-order valence-electron chi connectivity index (χ0n) is 15.1.